The number of nitrogens with zero attached hydrogens (tertiary/aromatic N) is 1. The zero-order valence-electron chi connectivity index (χ0n) is 8.81. The molecular formula is C8H8N3O6P-2. The summed E-state index contributed by atoms with van der Waals surface area (Å²) in [7, 11) is -5.17. The van der Waals surface area contributed by atoms with Crippen molar-refractivity contribution >= 4 is 19.3 Å². The van der Waals surface area contributed by atoms with Gasteiger partial charge in [-0.05, 0) is 25.3 Å². The molecule has 1 rings (SSSR count). The zero-order chi connectivity index (χ0) is 13.9. The summed E-state index contributed by atoms with van der Waals surface area (Å²) in [6.45, 7) is 0. The van der Waals surface area contributed by atoms with Crippen LogP contribution in [0.4, 0.5) is 10.5 Å². The number of nitrogens with one attached hydrogen (secondary N) is 1. The molecule has 1 unspecified atom stereocenters. The first-order valence-corrected chi connectivity index (χ1v) is 6.15. The van der Waals surface area contributed by atoms with Crippen LogP contribution in [0.5, 0.6) is 0 Å². The van der Waals surface area contributed by atoms with Crippen LogP contribution in [0.25, 0.3) is 0 Å². The van der Waals surface area contributed by atoms with Crippen molar-refractivity contribution in [1.82, 2.24) is 5.32 Å². The first-order valence-electron chi connectivity index (χ1n) is 4.54. The summed E-state index contributed by atoms with van der Waals surface area (Å²) in [5.74, 6) is -1.85. The third kappa shape index (κ3) is 3.52. The van der Waals surface area contributed by atoms with Gasteiger partial charge in [0, 0.05) is 12.1 Å². The van der Waals surface area contributed by atoms with Crippen LogP contribution < -0.4 is 20.8 Å². The Bertz CT molecular complexity index is 510. The second kappa shape index (κ2) is 5.13. The number of hydrogen-bond acceptors (Lipinski definition) is 6. The van der Waals surface area contributed by atoms with E-state index in [-0.39, 0.29) is 11.3 Å². The SMILES string of the molecule is NC(=O)NC(c1ccc([N+](=O)[O-])cc1)P(=O)([O-])[O-]. The molecule has 1 atom stereocenters. The average molecular weight is 273 g/mol. The number of benzene rings is 1. The number of rotatable bonds is 4. The minimum atomic E-state index is -5.17. The number of carbonyl (C=O) groups excluding carboxylic acids is 1. The van der Waals surface area contributed by atoms with Gasteiger partial charge in [0.1, 0.15) is 0 Å². The van der Waals surface area contributed by atoms with E-state index in [1.54, 1.807) is 5.32 Å². The molecule has 0 saturated carbocycles. The van der Waals surface area contributed by atoms with Crippen molar-refractivity contribution in [2.75, 3.05) is 0 Å². The Hall–Kier alpha value is -1.96. The van der Waals surface area contributed by atoms with Crippen LogP contribution in [0, 0.1) is 10.1 Å². The van der Waals surface area contributed by atoms with Gasteiger partial charge in [-0.15, -0.1) is 0 Å². The summed E-state index contributed by atoms with van der Waals surface area (Å²) in [5, 5.41) is 12.2. The predicted molar refractivity (Wildman–Crippen MR) is 56.2 cm³/mol. The maximum Gasteiger partial charge on any atom is 0.312 e. The molecule has 98 valence electrons. The van der Waals surface area contributed by atoms with Gasteiger partial charge in [0.2, 0.25) is 0 Å². The summed E-state index contributed by atoms with van der Waals surface area (Å²) in [5.41, 5.74) is 4.37. The minimum absolute atomic E-state index is 0.104. The molecule has 0 aliphatic carbocycles. The van der Waals surface area contributed by atoms with E-state index in [1.165, 1.54) is 0 Å². The number of primary amides is 1. The fourth-order valence-corrected chi connectivity index (χ4v) is 2.08. The molecule has 0 bridgehead atoms. The molecule has 0 radical (unpaired) electrons. The van der Waals surface area contributed by atoms with Gasteiger partial charge in [-0.3, -0.25) is 10.1 Å². The maximum atomic E-state index is 11.0. The van der Waals surface area contributed by atoms with E-state index in [0.29, 0.717) is 0 Å². The first-order chi connectivity index (χ1) is 8.21. The van der Waals surface area contributed by atoms with Gasteiger partial charge in [0.05, 0.1) is 10.7 Å². The quantitative estimate of drug-likeness (QED) is 0.413. The molecule has 9 nitrogen and oxygen atoms in total. The van der Waals surface area contributed by atoms with Crippen LogP contribution in [0.1, 0.15) is 11.3 Å². The monoisotopic (exact) mass is 273 g/mol. The Balaban J connectivity index is 3.10. The van der Waals surface area contributed by atoms with Crippen molar-refractivity contribution in [1.29, 1.82) is 0 Å². The Morgan fingerprint density at radius 2 is 1.83 bits per heavy atom. The van der Waals surface area contributed by atoms with Gasteiger partial charge in [-0.1, -0.05) is 0 Å². The maximum absolute atomic E-state index is 11.0. The van der Waals surface area contributed by atoms with Crippen molar-refractivity contribution in [3.63, 3.8) is 0 Å². The normalized spacial score (nSPS) is 12.8. The number of urea groups is 1. The largest absolute Gasteiger partial charge is 0.809 e. The van der Waals surface area contributed by atoms with E-state index in [2.05, 4.69) is 0 Å². The molecule has 0 fully saturated rings. The van der Waals surface area contributed by atoms with Gasteiger partial charge >= 0.3 is 6.03 Å². The van der Waals surface area contributed by atoms with Crippen molar-refractivity contribution in [2.45, 2.75) is 5.78 Å². The molecular weight excluding hydrogens is 265 g/mol. The lowest BCUT2D eigenvalue weighted by molar-refractivity contribution is -0.384. The van der Waals surface area contributed by atoms with Gasteiger partial charge in [0.15, 0.2) is 0 Å². The van der Waals surface area contributed by atoms with Crippen LogP contribution >= 0.6 is 7.60 Å². The highest BCUT2D eigenvalue weighted by Gasteiger charge is 2.18. The summed E-state index contributed by atoms with van der Waals surface area (Å²) < 4.78 is 11.0. The van der Waals surface area contributed by atoms with E-state index >= 15 is 0 Å². The summed E-state index contributed by atoms with van der Waals surface area (Å²) in [4.78, 5) is 42.2. The summed E-state index contributed by atoms with van der Waals surface area (Å²) in [6.07, 6.45) is 0. The van der Waals surface area contributed by atoms with Crippen molar-refractivity contribution < 1.29 is 24.1 Å². The van der Waals surface area contributed by atoms with Gasteiger partial charge < -0.3 is 25.4 Å². The molecule has 1 aromatic carbocycles. The highest BCUT2D eigenvalue weighted by Crippen LogP contribution is 2.42. The van der Waals surface area contributed by atoms with Crippen LogP contribution in [-0.4, -0.2) is 11.0 Å². The van der Waals surface area contributed by atoms with Crippen molar-refractivity contribution in [3.8, 4) is 0 Å². The summed E-state index contributed by atoms with van der Waals surface area (Å²) >= 11 is 0. The van der Waals surface area contributed by atoms with E-state index in [0.717, 1.165) is 24.3 Å². The molecule has 0 heterocycles. The van der Waals surface area contributed by atoms with Crippen molar-refractivity contribution in [3.05, 3.63) is 39.9 Å². The topological polar surface area (TPSA) is 161 Å². The molecule has 1 aromatic rings. The molecule has 0 saturated heterocycles. The van der Waals surface area contributed by atoms with Crippen molar-refractivity contribution in [2.24, 2.45) is 5.73 Å². The Kier molecular flexibility index (Phi) is 4.02. The number of hydrogen-bond donors (Lipinski definition) is 2. The Morgan fingerprint density at radius 1 is 1.33 bits per heavy atom. The Morgan fingerprint density at radius 3 is 2.17 bits per heavy atom. The second-order valence-electron chi connectivity index (χ2n) is 3.30. The molecule has 18 heavy (non-hydrogen) atoms. The first kappa shape index (κ1) is 14.1. The number of nitrogens with two attached hydrogens (primary N) is 1. The average Bonchev–Trinajstić information content (AvgIpc) is 2.24. The lowest BCUT2D eigenvalue weighted by Gasteiger charge is -2.38. The standard InChI is InChI=1S/C8H10N3O6P/c9-8(12)10-7(18(15,16)17)5-1-3-6(4-2-5)11(13)14/h1-4,7H,(H3,9,10,12)(H2,15,16,17)/p-2. The highest BCUT2D eigenvalue weighted by molar-refractivity contribution is 7.49. The lowest BCUT2D eigenvalue weighted by atomic mass is 10.2. The number of nitro benzene ring substituents is 1. The van der Waals surface area contributed by atoms with Gasteiger partial charge in [0.25, 0.3) is 5.69 Å². The van der Waals surface area contributed by atoms with Gasteiger partial charge in [-0.2, -0.15) is 0 Å². The van der Waals surface area contributed by atoms with E-state index < -0.39 is 24.3 Å². The third-order valence-electron chi connectivity index (χ3n) is 2.01. The van der Waals surface area contributed by atoms with Crippen LogP contribution in [0.15, 0.2) is 24.3 Å². The molecule has 0 aromatic heterocycles. The van der Waals surface area contributed by atoms with E-state index in [4.69, 9.17) is 5.73 Å². The minimum Gasteiger partial charge on any atom is -0.809 e. The fourth-order valence-electron chi connectivity index (χ4n) is 1.26. The number of amides is 2. The third-order valence-corrected chi connectivity index (χ3v) is 3.07. The predicted octanol–water partition coefficient (Wildman–Crippen LogP) is -0.825. The molecule has 2 amide bonds. The number of carbonyl (C=O) groups is 1. The molecule has 0 aliphatic rings. The molecule has 10 heteroatoms. The second-order valence-corrected chi connectivity index (χ2v) is 4.90. The number of non-ortho nitro benzene ring substituents is 1. The zero-order valence-corrected chi connectivity index (χ0v) is 9.70. The van der Waals surface area contributed by atoms with Gasteiger partial charge in [-0.25, -0.2) is 4.79 Å². The fraction of sp³-hybridized carbons (Fsp3) is 0.125. The van der Waals surface area contributed by atoms with Crippen LogP contribution in [0.3, 0.4) is 0 Å². The number of nitro groups is 1. The molecule has 3 N–H and O–H groups in total. The smallest absolute Gasteiger partial charge is 0.312 e. The van der Waals surface area contributed by atoms with Crippen LogP contribution in [0.2, 0.25) is 0 Å². The van der Waals surface area contributed by atoms with E-state index in [9.17, 15) is 29.3 Å². The molecule has 0 spiro atoms. The van der Waals surface area contributed by atoms with E-state index in [1.807, 2.05) is 0 Å². The Labute approximate surface area is 101 Å². The highest BCUT2D eigenvalue weighted by atomic mass is 31.2. The molecule has 0 aliphatic heterocycles. The lowest BCUT2D eigenvalue weighted by Crippen LogP contribution is -2.37. The van der Waals surface area contributed by atoms with Crippen LogP contribution in [-0.2, 0) is 4.57 Å². The summed E-state index contributed by atoms with van der Waals surface area (Å²) in [6, 6.07) is 2.95.